The normalized spacial score (nSPS) is 15.6. The van der Waals surface area contributed by atoms with Gasteiger partial charge in [0, 0.05) is 40.1 Å². The van der Waals surface area contributed by atoms with E-state index in [0.29, 0.717) is 30.5 Å². The van der Waals surface area contributed by atoms with Crippen LogP contribution in [0.3, 0.4) is 0 Å². The minimum atomic E-state index is -0.702. The van der Waals surface area contributed by atoms with Crippen molar-refractivity contribution in [3.8, 4) is 0 Å². The highest BCUT2D eigenvalue weighted by atomic mass is 35.5. The summed E-state index contributed by atoms with van der Waals surface area (Å²) in [5.74, 6) is -1.36. The molecule has 2 aromatic rings. The molecule has 7 heteroatoms. The molecule has 0 aliphatic carbocycles. The molecule has 1 saturated heterocycles. The summed E-state index contributed by atoms with van der Waals surface area (Å²) in [6, 6.07) is 15.2. The van der Waals surface area contributed by atoms with E-state index in [1.54, 1.807) is 30.0 Å². The number of amides is 2. The average molecular weight is 419 g/mol. The van der Waals surface area contributed by atoms with Crippen molar-refractivity contribution in [2.45, 2.75) is 29.4 Å². The van der Waals surface area contributed by atoms with Crippen LogP contribution in [0.2, 0.25) is 5.02 Å². The zero-order valence-corrected chi connectivity index (χ0v) is 17.2. The summed E-state index contributed by atoms with van der Waals surface area (Å²) in [4.78, 5) is 25.7. The number of rotatable bonds is 5. The highest BCUT2D eigenvalue weighted by Crippen LogP contribution is 2.40. The molecule has 2 N–H and O–H groups in total. The van der Waals surface area contributed by atoms with Gasteiger partial charge < -0.3 is 15.4 Å². The van der Waals surface area contributed by atoms with Crippen molar-refractivity contribution < 1.29 is 14.3 Å². The molecule has 0 unspecified atom stereocenters. The molecular weight excluding hydrogens is 396 g/mol. The Morgan fingerprint density at radius 2 is 1.82 bits per heavy atom. The molecule has 148 valence electrons. The number of thioether (sulfide) groups is 1. The molecule has 5 nitrogen and oxygen atoms in total. The number of ether oxygens (including phenoxy) is 1. The zero-order chi connectivity index (χ0) is 20.0. The molecule has 0 saturated carbocycles. The van der Waals surface area contributed by atoms with Gasteiger partial charge in [-0.25, -0.2) is 0 Å². The van der Waals surface area contributed by atoms with Crippen LogP contribution in [0, 0.1) is 6.92 Å². The molecular formula is C21H23ClN2O3S. The third kappa shape index (κ3) is 5.50. The second-order valence-electron chi connectivity index (χ2n) is 6.81. The second kappa shape index (κ2) is 9.45. The van der Waals surface area contributed by atoms with E-state index in [4.69, 9.17) is 16.3 Å². The minimum Gasteiger partial charge on any atom is -0.381 e. The number of hydrogen-bond acceptors (Lipinski definition) is 4. The molecule has 0 radical (unpaired) electrons. The Morgan fingerprint density at radius 3 is 2.50 bits per heavy atom. The largest absolute Gasteiger partial charge is 0.381 e. The number of carbonyl (C=O) groups excluding carboxylic acids is 2. The highest BCUT2D eigenvalue weighted by molar-refractivity contribution is 8.00. The van der Waals surface area contributed by atoms with E-state index in [0.717, 1.165) is 23.3 Å². The summed E-state index contributed by atoms with van der Waals surface area (Å²) in [5.41, 5.74) is 1.40. The van der Waals surface area contributed by atoms with Gasteiger partial charge in [0.05, 0.1) is 0 Å². The quantitative estimate of drug-likeness (QED) is 0.719. The third-order valence-corrected chi connectivity index (χ3v) is 6.59. The molecule has 0 spiro atoms. The van der Waals surface area contributed by atoms with Crippen LogP contribution in [0.15, 0.2) is 53.4 Å². The van der Waals surface area contributed by atoms with E-state index < -0.39 is 11.8 Å². The van der Waals surface area contributed by atoms with Gasteiger partial charge >= 0.3 is 11.8 Å². The van der Waals surface area contributed by atoms with Crippen molar-refractivity contribution in [3.05, 3.63) is 59.1 Å². The van der Waals surface area contributed by atoms with Crippen LogP contribution in [-0.4, -0.2) is 36.3 Å². The minimum absolute atomic E-state index is 0.192. The van der Waals surface area contributed by atoms with Crippen LogP contribution >= 0.6 is 23.4 Å². The Kier molecular flexibility index (Phi) is 6.99. The lowest BCUT2D eigenvalue weighted by atomic mass is 9.99. The summed E-state index contributed by atoms with van der Waals surface area (Å²) < 4.78 is 5.31. The Morgan fingerprint density at radius 1 is 1.11 bits per heavy atom. The molecule has 28 heavy (non-hydrogen) atoms. The maximum Gasteiger partial charge on any atom is 0.313 e. The lowest BCUT2D eigenvalue weighted by Gasteiger charge is -2.36. The fraction of sp³-hybridized carbons (Fsp3) is 0.333. The first-order chi connectivity index (χ1) is 13.5. The van der Waals surface area contributed by atoms with E-state index in [9.17, 15) is 9.59 Å². The summed E-state index contributed by atoms with van der Waals surface area (Å²) in [6.07, 6.45) is 1.62. The molecule has 0 aromatic heterocycles. The fourth-order valence-corrected chi connectivity index (χ4v) is 4.47. The van der Waals surface area contributed by atoms with E-state index in [2.05, 4.69) is 22.8 Å². The van der Waals surface area contributed by atoms with E-state index in [1.807, 2.05) is 25.1 Å². The maximum absolute atomic E-state index is 12.3. The van der Waals surface area contributed by atoms with Crippen molar-refractivity contribution in [1.29, 1.82) is 0 Å². The SMILES string of the molecule is Cc1ccc(NC(=O)C(=O)NCC2(Sc3ccccc3)CCOCC2)cc1Cl. The zero-order valence-electron chi connectivity index (χ0n) is 15.7. The van der Waals surface area contributed by atoms with Crippen LogP contribution in [0.4, 0.5) is 5.69 Å². The topological polar surface area (TPSA) is 67.4 Å². The lowest BCUT2D eigenvalue weighted by molar-refractivity contribution is -0.136. The average Bonchev–Trinajstić information content (AvgIpc) is 2.70. The first kappa shape index (κ1) is 20.7. The number of halogens is 1. The lowest BCUT2D eigenvalue weighted by Crippen LogP contribution is -2.47. The molecule has 3 rings (SSSR count). The van der Waals surface area contributed by atoms with Crippen molar-refractivity contribution in [2.75, 3.05) is 25.1 Å². The molecule has 0 bridgehead atoms. The summed E-state index contributed by atoms with van der Waals surface area (Å²) in [6.45, 7) is 3.56. The number of anilines is 1. The van der Waals surface area contributed by atoms with Crippen LogP contribution < -0.4 is 10.6 Å². The number of hydrogen-bond donors (Lipinski definition) is 2. The van der Waals surface area contributed by atoms with Gasteiger partial charge in [0.25, 0.3) is 0 Å². The van der Waals surface area contributed by atoms with Gasteiger partial charge in [-0.05, 0) is 49.6 Å². The van der Waals surface area contributed by atoms with Crippen LogP contribution in [0.1, 0.15) is 18.4 Å². The molecule has 1 aliphatic rings. The first-order valence-electron chi connectivity index (χ1n) is 9.15. The number of nitrogens with one attached hydrogen (secondary N) is 2. The van der Waals surface area contributed by atoms with Crippen molar-refractivity contribution in [1.82, 2.24) is 5.32 Å². The van der Waals surface area contributed by atoms with Gasteiger partial charge in [-0.1, -0.05) is 35.9 Å². The van der Waals surface area contributed by atoms with E-state index in [1.165, 1.54) is 0 Å². The first-order valence-corrected chi connectivity index (χ1v) is 10.3. The fourth-order valence-electron chi connectivity index (χ4n) is 2.98. The van der Waals surface area contributed by atoms with Crippen molar-refractivity contribution in [3.63, 3.8) is 0 Å². The van der Waals surface area contributed by atoms with Crippen molar-refractivity contribution >= 4 is 40.9 Å². The molecule has 2 aromatic carbocycles. The van der Waals surface area contributed by atoms with Gasteiger partial charge in [0.1, 0.15) is 0 Å². The van der Waals surface area contributed by atoms with Crippen LogP contribution in [0.5, 0.6) is 0 Å². The summed E-state index contributed by atoms with van der Waals surface area (Å²) in [5, 5.41) is 5.93. The second-order valence-corrected chi connectivity index (χ2v) is 8.76. The maximum atomic E-state index is 12.3. The number of aryl methyl sites for hydroxylation is 1. The summed E-state index contributed by atoms with van der Waals surface area (Å²) >= 11 is 7.80. The molecule has 1 heterocycles. The standard InChI is InChI=1S/C21H23ClN2O3S/c1-15-7-8-16(13-18(15)22)24-20(26)19(25)23-14-21(9-11-27-12-10-21)28-17-5-3-2-4-6-17/h2-8,13H,9-12,14H2,1H3,(H,23,25)(H,24,26). The molecule has 0 atom stereocenters. The van der Waals surface area contributed by atoms with E-state index >= 15 is 0 Å². The Balaban J connectivity index is 1.61. The molecule has 1 aliphatic heterocycles. The predicted octanol–water partition coefficient (Wildman–Crippen LogP) is 4.04. The number of carbonyl (C=O) groups is 2. The van der Waals surface area contributed by atoms with E-state index in [-0.39, 0.29) is 4.75 Å². The Labute approximate surface area is 174 Å². The molecule has 1 fully saturated rings. The van der Waals surface area contributed by atoms with Gasteiger partial charge in [0.2, 0.25) is 0 Å². The highest BCUT2D eigenvalue weighted by Gasteiger charge is 2.34. The smallest absolute Gasteiger partial charge is 0.313 e. The van der Waals surface area contributed by atoms with Crippen molar-refractivity contribution in [2.24, 2.45) is 0 Å². The monoisotopic (exact) mass is 418 g/mol. The number of benzene rings is 2. The third-order valence-electron chi connectivity index (χ3n) is 4.69. The van der Waals surface area contributed by atoms with Crippen LogP contribution in [-0.2, 0) is 14.3 Å². The predicted molar refractivity (Wildman–Crippen MR) is 113 cm³/mol. The Bertz CT molecular complexity index is 839. The van der Waals surface area contributed by atoms with Gasteiger partial charge in [-0.3, -0.25) is 9.59 Å². The summed E-state index contributed by atoms with van der Waals surface area (Å²) in [7, 11) is 0. The molecule has 2 amide bonds. The Hall–Kier alpha value is -2.02. The van der Waals surface area contributed by atoms with Gasteiger partial charge in [0.15, 0.2) is 0 Å². The van der Waals surface area contributed by atoms with Gasteiger partial charge in [-0.2, -0.15) is 0 Å². The van der Waals surface area contributed by atoms with Crippen LogP contribution in [0.25, 0.3) is 0 Å². The van der Waals surface area contributed by atoms with Gasteiger partial charge in [-0.15, -0.1) is 11.8 Å².